The Kier molecular flexibility index (Phi) is 6.10. The summed E-state index contributed by atoms with van der Waals surface area (Å²) in [5.41, 5.74) is 0. The molecule has 1 fully saturated rings. The van der Waals surface area contributed by atoms with E-state index in [2.05, 4.69) is 16.5 Å². The van der Waals surface area contributed by atoms with Gasteiger partial charge in [0.25, 0.3) is 0 Å². The first-order valence-electron chi connectivity index (χ1n) is 5.72. The molecule has 0 aromatic heterocycles. The zero-order chi connectivity index (χ0) is 11.1. The third-order valence-corrected chi connectivity index (χ3v) is 3.57. The topological polar surface area (TPSA) is 32.3 Å². The van der Waals surface area contributed by atoms with Crippen LogP contribution in [0.3, 0.4) is 0 Å². The van der Waals surface area contributed by atoms with Crippen LogP contribution >= 0.6 is 11.8 Å². The van der Waals surface area contributed by atoms with Crippen molar-refractivity contribution in [2.45, 2.75) is 31.7 Å². The molecule has 1 heterocycles. The molecule has 1 saturated heterocycles. The molecule has 0 aliphatic carbocycles. The zero-order valence-corrected chi connectivity index (χ0v) is 10.6. The first kappa shape index (κ1) is 12.8. The van der Waals surface area contributed by atoms with E-state index in [-0.39, 0.29) is 0 Å². The summed E-state index contributed by atoms with van der Waals surface area (Å²) in [6.45, 7) is 1.90. The van der Waals surface area contributed by atoms with Gasteiger partial charge < -0.3 is 10.2 Å². The van der Waals surface area contributed by atoms with Crippen LogP contribution in [0.1, 0.15) is 25.7 Å². The molecular formula is C11H22N2OS. The molecular weight excluding hydrogens is 208 g/mol. The lowest BCUT2D eigenvalue weighted by Crippen LogP contribution is -2.40. The first-order valence-corrected chi connectivity index (χ1v) is 7.12. The van der Waals surface area contributed by atoms with E-state index >= 15 is 0 Å². The maximum atomic E-state index is 11.9. The number of likely N-dealkylation sites (tertiary alicyclic amines) is 1. The Morgan fingerprint density at radius 3 is 3.07 bits per heavy atom. The number of rotatable bonds is 6. The average Bonchev–Trinajstić information content (AvgIpc) is 2.67. The summed E-state index contributed by atoms with van der Waals surface area (Å²) in [5.74, 6) is 1.44. The summed E-state index contributed by atoms with van der Waals surface area (Å²) < 4.78 is 0. The molecule has 15 heavy (non-hydrogen) atoms. The van der Waals surface area contributed by atoms with Crippen LogP contribution < -0.4 is 5.32 Å². The van der Waals surface area contributed by atoms with Crippen molar-refractivity contribution >= 4 is 17.7 Å². The van der Waals surface area contributed by atoms with E-state index in [1.54, 1.807) is 0 Å². The van der Waals surface area contributed by atoms with Gasteiger partial charge in [-0.15, -0.1) is 0 Å². The molecule has 1 aliphatic heterocycles. The molecule has 1 atom stereocenters. The van der Waals surface area contributed by atoms with Crippen molar-refractivity contribution in [3.63, 3.8) is 0 Å². The minimum atomic E-state index is 0.349. The number of nitrogens with one attached hydrogen (secondary N) is 1. The Bertz CT molecular complexity index is 199. The molecule has 1 aliphatic rings. The van der Waals surface area contributed by atoms with Gasteiger partial charge in [-0.1, -0.05) is 0 Å². The number of amides is 1. The van der Waals surface area contributed by atoms with E-state index in [1.807, 2.05) is 18.8 Å². The summed E-state index contributed by atoms with van der Waals surface area (Å²) in [7, 11) is 1.95. The van der Waals surface area contributed by atoms with Crippen LogP contribution in [0, 0.1) is 0 Å². The van der Waals surface area contributed by atoms with Gasteiger partial charge in [0.1, 0.15) is 0 Å². The molecule has 4 heteroatoms. The predicted octanol–water partition coefficient (Wildman–Crippen LogP) is 1.34. The van der Waals surface area contributed by atoms with E-state index in [1.165, 1.54) is 6.42 Å². The number of nitrogens with zero attached hydrogens (tertiary/aromatic N) is 1. The number of hydrogen-bond acceptors (Lipinski definition) is 3. The minimum absolute atomic E-state index is 0.349. The van der Waals surface area contributed by atoms with Gasteiger partial charge in [-0.3, -0.25) is 4.79 Å². The fourth-order valence-electron chi connectivity index (χ4n) is 2.12. The van der Waals surface area contributed by atoms with Gasteiger partial charge in [0.2, 0.25) is 5.91 Å². The Labute approximate surface area is 97.0 Å². The summed E-state index contributed by atoms with van der Waals surface area (Å²) >= 11 is 1.81. The van der Waals surface area contributed by atoms with Crippen LogP contribution in [-0.2, 0) is 4.79 Å². The molecule has 0 aromatic carbocycles. The van der Waals surface area contributed by atoms with Crippen LogP contribution in [0.4, 0.5) is 0 Å². The van der Waals surface area contributed by atoms with E-state index in [0.29, 0.717) is 11.9 Å². The molecule has 0 aromatic rings. The van der Waals surface area contributed by atoms with Gasteiger partial charge in [0.05, 0.1) is 0 Å². The summed E-state index contributed by atoms with van der Waals surface area (Å²) in [4.78, 5) is 14.0. The van der Waals surface area contributed by atoms with Gasteiger partial charge in [0, 0.05) is 25.6 Å². The first-order chi connectivity index (χ1) is 7.29. The predicted molar refractivity (Wildman–Crippen MR) is 66.3 cm³/mol. The molecule has 1 N–H and O–H groups in total. The van der Waals surface area contributed by atoms with Gasteiger partial charge in [-0.2, -0.15) is 11.8 Å². The normalized spacial score (nSPS) is 20.9. The third kappa shape index (κ3) is 4.03. The zero-order valence-electron chi connectivity index (χ0n) is 9.79. The number of carbonyl (C=O) groups excluding carboxylic acids is 1. The largest absolute Gasteiger partial charge is 0.338 e. The Morgan fingerprint density at radius 2 is 2.40 bits per heavy atom. The molecule has 0 radical (unpaired) electrons. The highest BCUT2D eigenvalue weighted by Crippen LogP contribution is 2.18. The monoisotopic (exact) mass is 230 g/mol. The fraction of sp³-hybridized carbons (Fsp3) is 0.909. The van der Waals surface area contributed by atoms with Crippen molar-refractivity contribution in [3.05, 3.63) is 0 Å². The Balaban J connectivity index is 2.30. The minimum Gasteiger partial charge on any atom is -0.338 e. The number of carbonyl (C=O) groups is 1. The molecule has 0 saturated carbocycles. The van der Waals surface area contributed by atoms with Crippen LogP contribution in [0.2, 0.25) is 0 Å². The van der Waals surface area contributed by atoms with Crippen molar-refractivity contribution in [3.8, 4) is 0 Å². The average molecular weight is 230 g/mol. The van der Waals surface area contributed by atoms with Crippen LogP contribution in [0.5, 0.6) is 0 Å². The number of hydrogen-bond donors (Lipinski definition) is 1. The van der Waals surface area contributed by atoms with Crippen molar-refractivity contribution in [2.24, 2.45) is 0 Å². The second-order valence-electron chi connectivity index (χ2n) is 4.04. The molecule has 1 unspecified atom stereocenters. The lowest BCUT2D eigenvalue weighted by Gasteiger charge is -2.24. The van der Waals surface area contributed by atoms with E-state index in [9.17, 15) is 4.79 Å². The van der Waals surface area contributed by atoms with Crippen molar-refractivity contribution in [1.82, 2.24) is 10.2 Å². The maximum Gasteiger partial charge on any atom is 0.222 e. The summed E-state index contributed by atoms with van der Waals surface area (Å²) in [6, 6.07) is 0.441. The van der Waals surface area contributed by atoms with Crippen molar-refractivity contribution < 1.29 is 4.79 Å². The molecule has 3 nitrogen and oxygen atoms in total. The van der Waals surface area contributed by atoms with Gasteiger partial charge >= 0.3 is 0 Å². The number of thioether (sulfide) groups is 1. The maximum absolute atomic E-state index is 11.9. The van der Waals surface area contributed by atoms with Gasteiger partial charge in [-0.25, -0.2) is 0 Å². The highest BCUT2D eigenvalue weighted by Gasteiger charge is 2.27. The van der Waals surface area contributed by atoms with E-state index < -0.39 is 0 Å². The lowest BCUT2D eigenvalue weighted by molar-refractivity contribution is -0.131. The highest BCUT2D eigenvalue weighted by molar-refractivity contribution is 7.98. The molecule has 1 rings (SSSR count). The standard InChI is InChI=1S/C11H22N2OS/c1-12-9-10-5-3-7-13(10)11(14)6-4-8-15-2/h10,12H,3-9H2,1-2H3. The smallest absolute Gasteiger partial charge is 0.222 e. The quantitative estimate of drug-likeness (QED) is 0.699. The van der Waals surface area contributed by atoms with Crippen LogP contribution in [0.25, 0.3) is 0 Å². The second-order valence-corrected chi connectivity index (χ2v) is 5.02. The Hall–Kier alpha value is -0.220. The second kappa shape index (κ2) is 7.12. The van der Waals surface area contributed by atoms with Gasteiger partial charge in [-0.05, 0) is 38.3 Å². The molecule has 0 bridgehead atoms. The molecule has 1 amide bonds. The summed E-state index contributed by atoms with van der Waals surface area (Å²) in [6.07, 6.45) is 6.16. The van der Waals surface area contributed by atoms with E-state index in [4.69, 9.17) is 0 Å². The van der Waals surface area contributed by atoms with Crippen molar-refractivity contribution in [2.75, 3.05) is 32.1 Å². The SMILES string of the molecule is CNCC1CCCN1C(=O)CCCSC. The fourth-order valence-corrected chi connectivity index (χ4v) is 2.56. The molecule has 88 valence electrons. The van der Waals surface area contributed by atoms with E-state index in [0.717, 1.165) is 38.1 Å². The number of likely N-dealkylation sites (N-methyl/N-ethyl adjacent to an activating group) is 1. The lowest BCUT2D eigenvalue weighted by atomic mass is 10.2. The van der Waals surface area contributed by atoms with Gasteiger partial charge in [0.15, 0.2) is 0 Å². The molecule has 0 spiro atoms. The van der Waals surface area contributed by atoms with Crippen LogP contribution in [0.15, 0.2) is 0 Å². The van der Waals surface area contributed by atoms with Crippen LogP contribution in [-0.4, -0.2) is 49.0 Å². The summed E-state index contributed by atoms with van der Waals surface area (Å²) in [5, 5.41) is 3.16. The highest BCUT2D eigenvalue weighted by atomic mass is 32.2. The van der Waals surface area contributed by atoms with Crippen molar-refractivity contribution in [1.29, 1.82) is 0 Å². The third-order valence-electron chi connectivity index (χ3n) is 2.88. The Morgan fingerprint density at radius 1 is 1.60 bits per heavy atom.